The Morgan fingerprint density at radius 3 is 0.842 bits per heavy atom. The predicted octanol–water partition coefficient (Wildman–Crippen LogP) is -5.11. The van der Waals surface area contributed by atoms with Gasteiger partial charge >= 0.3 is 58.4 Å². The molecule has 0 aromatic carbocycles. The second-order valence-electron chi connectivity index (χ2n) is 2.93. The maximum Gasteiger partial charge on any atom is 2.00 e. The maximum absolute atomic E-state index is 10.3. The Balaban J connectivity index is -0.000000375. The molecule has 0 fully saturated rings. The second kappa shape index (κ2) is 10.9. The van der Waals surface area contributed by atoms with Crippen LogP contribution in [0.3, 0.4) is 0 Å². The first-order valence-corrected chi connectivity index (χ1v) is 8.72. The second-order valence-corrected chi connectivity index (χ2v) is 7.44. The van der Waals surface area contributed by atoms with E-state index in [-0.39, 0.29) is 63.3 Å². The van der Waals surface area contributed by atoms with Gasteiger partial charge in [-0.1, -0.05) is 22.8 Å². The normalized spacial score (nSPS) is 12.2. The van der Waals surface area contributed by atoms with Crippen LogP contribution in [0.5, 0.6) is 0 Å². The molecule has 0 bridgehead atoms. The van der Waals surface area contributed by atoms with Crippen molar-refractivity contribution in [1.29, 1.82) is 0 Å². The Hall–Kier alpha value is 2.28. The van der Waals surface area contributed by atoms with Gasteiger partial charge in [-0.3, -0.25) is 4.90 Å². The van der Waals surface area contributed by atoms with Crippen molar-refractivity contribution < 1.29 is 101 Å². The van der Waals surface area contributed by atoms with Crippen LogP contribution in [0.2, 0.25) is 0 Å². The van der Waals surface area contributed by atoms with Crippen molar-refractivity contribution >= 4 is 22.8 Å². The molecule has 0 aromatic rings. The molecule has 0 unspecified atom stereocenters. The van der Waals surface area contributed by atoms with Crippen molar-refractivity contribution in [1.82, 2.24) is 4.90 Å². The summed E-state index contributed by atoms with van der Waals surface area (Å²) in [6.07, 6.45) is -4.55. The summed E-state index contributed by atoms with van der Waals surface area (Å²) in [6, 6.07) is 0. The van der Waals surface area contributed by atoms with Crippen molar-refractivity contribution in [2.75, 3.05) is 18.9 Å². The van der Waals surface area contributed by atoms with Crippen LogP contribution in [0.4, 0.5) is 0 Å². The fraction of sp³-hybridized carbons (Fsp3) is 1.00. The third-order valence-corrected chi connectivity index (χ3v) is 3.36. The zero-order chi connectivity index (χ0) is 13.2. The van der Waals surface area contributed by atoms with Gasteiger partial charge in [-0.25, -0.2) is 0 Å². The van der Waals surface area contributed by atoms with Gasteiger partial charge in [0.1, 0.15) is 0 Å². The van der Waals surface area contributed by atoms with Crippen molar-refractivity contribution in [2.24, 2.45) is 0 Å². The van der Waals surface area contributed by atoms with Crippen molar-refractivity contribution in [3.8, 4) is 0 Å². The Kier molecular flexibility index (Phi) is 16.8. The third kappa shape index (κ3) is 22.7. The molecule has 16 heteroatoms. The average Bonchev–Trinajstić information content (AvgIpc) is 1.70. The van der Waals surface area contributed by atoms with E-state index >= 15 is 0 Å². The molecule has 0 aromatic heterocycles. The van der Waals surface area contributed by atoms with Crippen LogP contribution < -0.4 is 29.4 Å². The summed E-state index contributed by atoms with van der Waals surface area (Å²) in [5.74, 6) is 0. The standard InChI is InChI=1S/C3H12NO9P3.3Zn/c5-14(6,7)1-4(2-15(8,9)10)3-16(11,12)13;;;/h1-3H2,(H2,5,6,7)(H2,8,9,10)(H2,11,12,13);;;/q;3*+2/p-6. The minimum absolute atomic E-state index is 0. The summed E-state index contributed by atoms with van der Waals surface area (Å²) in [4.78, 5) is 61.5. The van der Waals surface area contributed by atoms with Gasteiger partial charge in [0.25, 0.3) is 0 Å². The Morgan fingerprint density at radius 2 is 0.737 bits per heavy atom. The van der Waals surface area contributed by atoms with Crippen LogP contribution in [0.25, 0.3) is 0 Å². The average molecular weight is 489 g/mol. The van der Waals surface area contributed by atoms with E-state index in [4.69, 9.17) is 0 Å². The molecule has 0 aliphatic heterocycles. The number of nitrogens with zero attached hydrogens (tertiary/aromatic N) is 1. The van der Waals surface area contributed by atoms with E-state index < -0.39 is 41.6 Å². The molecule has 0 heterocycles. The molecule has 10 nitrogen and oxygen atoms in total. The molecular weight excluding hydrogens is 483 g/mol. The molecule has 0 saturated carbocycles. The molecule has 0 saturated heterocycles. The minimum Gasteiger partial charge on any atom is -0.810 e. The van der Waals surface area contributed by atoms with Crippen LogP contribution in [-0.2, 0) is 72.1 Å². The SMILES string of the molecule is O=P([O-])([O-])CN(CP(=O)([O-])[O-])CP(=O)([O-])[O-].[Zn+2].[Zn+2].[Zn+2]. The number of rotatable bonds is 6. The first kappa shape index (κ1) is 29.3. The van der Waals surface area contributed by atoms with Crippen LogP contribution in [0.15, 0.2) is 0 Å². The Bertz CT molecular complexity index is 317. The van der Waals surface area contributed by atoms with E-state index in [0.29, 0.717) is 0 Å². The summed E-state index contributed by atoms with van der Waals surface area (Å²) in [7, 11) is -15.8. The van der Waals surface area contributed by atoms with Crippen LogP contribution >= 0.6 is 22.8 Å². The smallest absolute Gasteiger partial charge is 0.810 e. The van der Waals surface area contributed by atoms with Crippen LogP contribution in [-0.4, -0.2) is 23.8 Å². The van der Waals surface area contributed by atoms with Crippen LogP contribution in [0, 0.1) is 0 Å². The topological polar surface area (TPSA) is 193 Å². The molecule has 0 amide bonds. The first-order chi connectivity index (χ1) is 6.79. The van der Waals surface area contributed by atoms with E-state index in [0.717, 1.165) is 0 Å². The van der Waals surface area contributed by atoms with Crippen LogP contribution in [0.1, 0.15) is 0 Å². The number of hydrogen-bond donors (Lipinski definition) is 0. The molecule has 0 aliphatic rings. The quantitative estimate of drug-likeness (QED) is 0.257. The van der Waals surface area contributed by atoms with E-state index in [9.17, 15) is 43.1 Å². The zero-order valence-electron chi connectivity index (χ0n) is 9.71. The molecule has 0 N–H and O–H groups in total. The maximum atomic E-state index is 10.3. The molecule has 0 atom stereocenters. The van der Waals surface area contributed by atoms with Gasteiger partial charge in [-0.2, -0.15) is 0 Å². The molecular formula is C3H6NO9P3Zn3. The Morgan fingerprint density at radius 1 is 0.579 bits per heavy atom. The first-order valence-electron chi connectivity index (χ1n) is 3.54. The van der Waals surface area contributed by atoms with Crippen molar-refractivity contribution in [3.63, 3.8) is 0 Å². The summed E-state index contributed by atoms with van der Waals surface area (Å²) in [5.41, 5.74) is 0. The van der Waals surface area contributed by atoms with Gasteiger partial charge in [-0.05, 0) is 0 Å². The number of hydrogen-bond acceptors (Lipinski definition) is 10. The fourth-order valence-electron chi connectivity index (χ4n) is 0.869. The van der Waals surface area contributed by atoms with E-state index in [1.807, 2.05) is 0 Å². The summed E-state index contributed by atoms with van der Waals surface area (Å²) < 4.78 is 30.8. The largest absolute Gasteiger partial charge is 2.00 e. The zero-order valence-corrected chi connectivity index (χ0v) is 21.3. The summed E-state index contributed by atoms with van der Waals surface area (Å²) in [5, 5.41) is 0. The van der Waals surface area contributed by atoms with E-state index in [2.05, 4.69) is 0 Å². The van der Waals surface area contributed by atoms with Gasteiger partial charge in [0.15, 0.2) is 0 Å². The van der Waals surface area contributed by atoms with Crippen molar-refractivity contribution in [2.45, 2.75) is 0 Å². The third-order valence-electron chi connectivity index (χ3n) is 1.12. The molecule has 98 valence electrons. The minimum atomic E-state index is -5.27. The molecule has 0 aliphatic carbocycles. The monoisotopic (exact) mass is 485 g/mol. The molecule has 19 heavy (non-hydrogen) atoms. The molecule has 0 spiro atoms. The fourth-order valence-corrected chi connectivity index (χ4v) is 3.41. The predicted molar refractivity (Wildman–Crippen MR) is 39.3 cm³/mol. The molecule has 0 rings (SSSR count). The van der Waals surface area contributed by atoms with E-state index in [1.54, 1.807) is 0 Å². The van der Waals surface area contributed by atoms with Gasteiger partial charge in [0, 0.05) is 18.9 Å². The van der Waals surface area contributed by atoms with Gasteiger partial charge in [-0.15, -0.1) is 0 Å². The molecule has 0 radical (unpaired) electrons. The van der Waals surface area contributed by atoms with Crippen molar-refractivity contribution in [3.05, 3.63) is 0 Å². The van der Waals surface area contributed by atoms with Gasteiger partial charge in [0.2, 0.25) is 0 Å². The Labute approximate surface area is 147 Å². The summed E-state index contributed by atoms with van der Waals surface area (Å²) >= 11 is 0. The van der Waals surface area contributed by atoms with E-state index in [1.165, 1.54) is 0 Å². The summed E-state index contributed by atoms with van der Waals surface area (Å²) in [6.45, 7) is 0. The van der Waals surface area contributed by atoms with Gasteiger partial charge in [0.05, 0.1) is 0 Å². The van der Waals surface area contributed by atoms with Gasteiger partial charge < -0.3 is 43.1 Å².